The fraction of sp³-hybridized carbons (Fsp3) is 0.500. The van der Waals surface area contributed by atoms with Crippen LogP contribution in [0.5, 0.6) is 0 Å². The highest BCUT2D eigenvalue weighted by Crippen LogP contribution is 2.28. The first-order valence-electron chi connectivity index (χ1n) is 6.85. The third-order valence-corrected chi connectivity index (χ3v) is 3.97. The maximum absolute atomic E-state index is 14.0. The normalized spacial score (nSPS) is 21.1. The molecule has 0 bridgehead atoms. The molecule has 1 N–H and O–H groups in total. The highest BCUT2D eigenvalue weighted by Gasteiger charge is 2.26. The highest BCUT2D eigenvalue weighted by molar-refractivity contribution is 5.75. The van der Waals surface area contributed by atoms with Gasteiger partial charge < -0.3 is 4.98 Å². The molecule has 0 amide bonds. The highest BCUT2D eigenvalue weighted by atomic mass is 19.1. The molecule has 1 aliphatic rings. The van der Waals surface area contributed by atoms with Gasteiger partial charge in [0.1, 0.15) is 11.3 Å². The number of nitrogens with one attached hydrogen (secondary N) is 1. The summed E-state index contributed by atoms with van der Waals surface area (Å²) in [4.78, 5) is 17.2. The first-order valence-corrected chi connectivity index (χ1v) is 6.85. The van der Waals surface area contributed by atoms with Crippen LogP contribution in [0.3, 0.4) is 0 Å². The van der Waals surface area contributed by atoms with E-state index < -0.39 is 0 Å². The number of piperidine rings is 1. The summed E-state index contributed by atoms with van der Waals surface area (Å²) in [5, 5.41) is 0. The number of hydrogen-bond donors (Lipinski definition) is 1. The Kier molecular flexibility index (Phi) is 3.14. The monoisotopic (exact) mass is 263 g/mol. The molecular weight excluding hydrogens is 245 g/mol. The molecule has 0 saturated carbocycles. The number of aromatic amines is 1. The van der Waals surface area contributed by atoms with Crippen LogP contribution in [0.25, 0.3) is 11.0 Å². The van der Waals surface area contributed by atoms with Gasteiger partial charge >= 0.3 is 5.69 Å². The van der Waals surface area contributed by atoms with Gasteiger partial charge in [-0.2, -0.15) is 0 Å². The van der Waals surface area contributed by atoms with Crippen LogP contribution in [0.4, 0.5) is 4.39 Å². The maximum Gasteiger partial charge on any atom is 0.327 e. The van der Waals surface area contributed by atoms with E-state index >= 15 is 0 Å². The van der Waals surface area contributed by atoms with Gasteiger partial charge in [0.25, 0.3) is 0 Å². The summed E-state index contributed by atoms with van der Waals surface area (Å²) in [6, 6.07) is 4.77. The Balaban J connectivity index is 2.18. The average molecular weight is 263 g/mol. The number of para-hydroxylation sites is 1. The summed E-state index contributed by atoms with van der Waals surface area (Å²) >= 11 is 0. The van der Waals surface area contributed by atoms with Crippen molar-refractivity contribution >= 4 is 11.0 Å². The molecule has 1 saturated heterocycles. The smallest absolute Gasteiger partial charge is 0.305 e. The van der Waals surface area contributed by atoms with Crippen molar-refractivity contribution in [2.45, 2.75) is 32.4 Å². The molecule has 19 heavy (non-hydrogen) atoms. The number of likely N-dealkylation sites (tertiary alicyclic amines) is 1. The van der Waals surface area contributed by atoms with Crippen molar-refractivity contribution in [3.63, 3.8) is 0 Å². The van der Waals surface area contributed by atoms with E-state index in [1.165, 1.54) is 6.07 Å². The number of H-pyrrole nitrogens is 1. The summed E-state index contributed by atoms with van der Waals surface area (Å²) in [6.07, 6.45) is 3.09. The number of imidazole rings is 1. The van der Waals surface area contributed by atoms with Gasteiger partial charge in [0.05, 0.1) is 11.7 Å². The Morgan fingerprint density at radius 3 is 3.05 bits per heavy atom. The second kappa shape index (κ2) is 4.81. The minimum Gasteiger partial charge on any atom is -0.305 e. The van der Waals surface area contributed by atoms with E-state index in [4.69, 9.17) is 0 Å². The first-order chi connectivity index (χ1) is 9.22. The lowest BCUT2D eigenvalue weighted by Gasteiger charge is -2.35. The number of nitrogens with zero attached hydrogens (tertiary/aromatic N) is 2. The zero-order valence-electron chi connectivity index (χ0n) is 11.0. The third kappa shape index (κ3) is 1.98. The molecule has 1 aromatic heterocycles. The summed E-state index contributed by atoms with van der Waals surface area (Å²) < 4.78 is 15.6. The predicted octanol–water partition coefficient (Wildman–Crippen LogP) is 2.47. The lowest BCUT2D eigenvalue weighted by Crippen LogP contribution is -2.40. The van der Waals surface area contributed by atoms with E-state index in [0.29, 0.717) is 11.0 Å². The van der Waals surface area contributed by atoms with Gasteiger partial charge in [0.15, 0.2) is 0 Å². The van der Waals surface area contributed by atoms with Gasteiger partial charge in [0.2, 0.25) is 0 Å². The van der Waals surface area contributed by atoms with Crippen molar-refractivity contribution in [2.75, 3.05) is 13.1 Å². The molecule has 2 heterocycles. The second-order valence-electron chi connectivity index (χ2n) is 5.04. The van der Waals surface area contributed by atoms with E-state index in [1.54, 1.807) is 16.7 Å². The van der Waals surface area contributed by atoms with Crippen LogP contribution in [0.15, 0.2) is 23.0 Å². The van der Waals surface area contributed by atoms with Crippen molar-refractivity contribution in [3.8, 4) is 0 Å². The number of hydrogen-bond acceptors (Lipinski definition) is 2. The minimum absolute atomic E-state index is 0.0306. The quantitative estimate of drug-likeness (QED) is 0.904. The topological polar surface area (TPSA) is 41.0 Å². The number of aromatic nitrogens is 2. The fourth-order valence-corrected chi connectivity index (χ4v) is 3.06. The molecule has 1 aromatic carbocycles. The molecule has 0 spiro atoms. The zero-order chi connectivity index (χ0) is 13.4. The molecule has 102 valence electrons. The minimum atomic E-state index is -0.336. The molecule has 0 aliphatic carbocycles. The summed E-state index contributed by atoms with van der Waals surface area (Å²) in [6.45, 7) is 3.92. The predicted molar refractivity (Wildman–Crippen MR) is 72.7 cm³/mol. The van der Waals surface area contributed by atoms with Crippen molar-refractivity contribution in [2.24, 2.45) is 0 Å². The largest absolute Gasteiger partial charge is 0.327 e. The molecule has 0 radical (unpaired) electrons. The van der Waals surface area contributed by atoms with Crippen molar-refractivity contribution < 1.29 is 4.39 Å². The van der Waals surface area contributed by atoms with E-state index in [1.807, 2.05) is 0 Å². The third-order valence-electron chi connectivity index (χ3n) is 3.97. The average Bonchev–Trinajstić information content (AvgIpc) is 2.76. The Hall–Kier alpha value is -1.62. The van der Waals surface area contributed by atoms with Crippen molar-refractivity contribution in [1.82, 2.24) is 14.5 Å². The standard InChI is InChI=1S/C14H18FN3O/c1-2-17-9-4-3-8-12(17)18-13-10(15)6-5-7-11(13)16-14(18)19/h5-7,12H,2-4,8-9H2,1H3,(H,16,19). The zero-order valence-corrected chi connectivity index (χ0v) is 11.0. The van der Waals surface area contributed by atoms with E-state index in [2.05, 4.69) is 16.8 Å². The van der Waals surface area contributed by atoms with E-state index in [0.717, 1.165) is 32.4 Å². The van der Waals surface area contributed by atoms with Gasteiger partial charge in [-0.3, -0.25) is 9.47 Å². The van der Waals surface area contributed by atoms with Crippen LogP contribution < -0.4 is 5.69 Å². The lowest BCUT2D eigenvalue weighted by atomic mass is 10.1. The summed E-state index contributed by atoms with van der Waals surface area (Å²) in [5.41, 5.74) is 0.759. The maximum atomic E-state index is 14.0. The molecular formula is C14H18FN3O. The van der Waals surface area contributed by atoms with Crippen molar-refractivity contribution in [1.29, 1.82) is 0 Å². The van der Waals surface area contributed by atoms with Gasteiger partial charge in [-0.1, -0.05) is 13.0 Å². The first kappa shape index (κ1) is 12.4. The van der Waals surface area contributed by atoms with Crippen LogP contribution in [0.1, 0.15) is 32.4 Å². The molecule has 1 atom stereocenters. The Bertz CT molecular complexity index is 646. The number of fused-ring (bicyclic) bond motifs is 1. The van der Waals surface area contributed by atoms with Gasteiger partial charge in [-0.05, 0) is 37.9 Å². The molecule has 2 aromatic rings. The van der Waals surface area contributed by atoms with Gasteiger partial charge in [-0.25, -0.2) is 9.18 Å². The van der Waals surface area contributed by atoms with E-state index in [-0.39, 0.29) is 17.7 Å². The molecule has 1 aliphatic heterocycles. The summed E-state index contributed by atoms with van der Waals surface area (Å²) in [5.74, 6) is -0.336. The van der Waals surface area contributed by atoms with Crippen LogP contribution in [0.2, 0.25) is 0 Å². The second-order valence-corrected chi connectivity index (χ2v) is 5.04. The molecule has 4 nitrogen and oxygen atoms in total. The SMILES string of the molecule is CCN1CCCCC1n1c(=O)[nH]c2cccc(F)c21. The Labute approximate surface area is 110 Å². The molecule has 1 unspecified atom stereocenters. The number of rotatable bonds is 2. The molecule has 3 rings (SSSR count). The van der Waals surface area contributed by atoms with E-state index in [9.17, 15) is 9.18 Å². The Morgan fingerprint density at radius 2 is 2.26 bits per heavy atom. The van der Waals surface area contributed by atoms with Crippen molar-refractivity contribution in [3.05, 3.63) is 34.5 Å². The van der Waals surface area contributed by atoms with Crippen LogP contribution in [0, 0.1) is 5.82 Å². The number of halogens is 1. The Morgan fingerprint density at radius 1 is 1.42 bits per heavy atom. The lowest BCUT2D eigenvalue weighted by molar-refractivity contribution is 0.102. The van der Waals surface area contributed by atoms with Crippen LogP contribution >= 0.6 is 0 Å². The van der Waals surface area contributed by atoms with Gasteiger partial charge in [-0.15, -0.1) is 0 Å². The summed E-state index contributed by atoms with van der Waals surface area (Å²) in [7, 11) is 0. The fourth-order valence-electron chi connectivity index (χ4n) is 3.06. The van der Waals surface area contributed by atoms with Crippen LogP contribution in [-0.4, -0.2) is 27.5 Å². The molecule has 1 fully saturated rings. The number of benzene rings is 1. The molecule has 5 heteroatoms. The van der Waals surface area contributed by atoms with Crippen LogP contribution in [-0.2, 0) is 0 Å². The van der Waals surface area contributed by atoms with Gasteiger partial charge in [0, 0.05) is 6.54 Å².